The molecular formula is C19H21NO3. The van der Waals surface area contributed by atoms with Crippen LogP contribution in [0.1, 0.15) is 30.1 Å². The molecule has 4 nitrogen and oxygen atoms in total. The lowest BCUT2D eigenvalue weighted by atomic mass is 10.0. The lowest BCUT2D eigenvalue weighted by Crippen LogP contribution is -2.41. The van der Waals surface area contributed by atoms with Gasteiger partial charge in [0.1, 0.15) is 0 Å². The van der Waals surface area contributed by atoms with E-state index in [2.05, 4.69) is 6.92 Å². The molecule has 1 heterocycles. The lowest BCUT2D eigenvalue weighted by Gasteiger charge is -2.30. The van der Waals surface area contributed by atoms with Crippen LogP contribution in [0.3, 0.4) is 0 Å². The van der Waals surface area contributed by atoms with Gasteiger partial charge in [0, 0.05) is 13.1 Å². The van der Waals surface area contributed by atoms with Crippen LogP contribution in [0.5, 0.6) is 0 Å². The Morgan fingerprint density at radius 2 is 1.96 bits per heavy atom. The summed E-state index contributed by atoms with van der Waals surface area (Å²) in [6, 6.07) is 13.2. The zero-order valence-electron chi connectivity index (χ0n) is 13.3. The first kappa shape index (κ1) is 15.5. The summed E-state index contributed by atoms with van der Waals surface area (Å²) in [6.45, 7) is 3.47. The Hall–Kier alpha value is -2.36. The van der Waals surface area contributed by atoms with Gasteiger partial charge in [-0.05, 0) is 35.6 Å². The number of ether oxygens (including phenoxy) is 1. The number of carbonyl (C=O) groups excluding carboxylic acids is 2. The molecule has 0 bridgehead atoms. The Labute approximate surface area is 136 Å². The number of esters is 1. The second-order valence-electron chi connectivity index (χ2n) is 6.19. The van der Waals surface area contributed by atoms with Gasteiger partial charge in [0.2, 0.25) is 0 Å². The van der Waals surface area contributed by atoms with Gasteiger partial charge in [0.25, 0.3) is 5.91 Å². The highest BCUT2D eigenvalue weighted by Crippen LogP contribution is 2.19. The molecule has 2 aromatic carbocycles. The zero-order valence-corrected chi connectivity index (χ0v) is 13.3. The van der Waals surface area contributed by atoms with Gasteiger partial charge >= 0.3 is 5.97 Å². The third-order valence-electron chi connectivity index (χ3n) is 4.35. The van der Waals surface area contributed by atoms with Crippen molar-refractivity contribution in [2.75, 3.05) is 19.7 Å². The maximum Gasteiger partial charge on any atom is 0.339 e. The number of fused-ring (bicyclic) bond motifs is 1. The van der Waals surface area contributed by atoms with Crippen molar-refractivity contribution in [1.29, 1.82) is 0 Å². The van der Waals surface area contributed by atoms with Gasteiger partial charge in [-0.1, -0.05) is 43.3 Å². The van der Waals surface area contributed by atoms with Crippen LogP contribution in [0.25, 0.3) is 10.8 Å². The number of nitrogens with zero attached hydrogens (tertiary/aromatic N) is 1. The molecule has 1 unspecified atom stereocenters. The summed E-state index contributed by atoms with van der Waals surface area (Å²) in [6.07, 6.45) is 2.17. The number of piperidine rings is 1. The maximum absolute atomic E-state index is 12.3. The molecule has 1 aliphatic rings. The maximum atomic E-state index is 12.3. The molecule has 0 spiro atoms. The Bertz CT molecular complexity index is 720. The van der Waals surface area contributed by atoms with E-state index in [1.165, 1.54) is 0 Å². The molecule has 0 aromatic heterocycles. The van der Waals surface area contributed by atoms with E-state index in [-0.39, 0.29) is 12.5 Å². The summed E-state index contributed by atoms with van der Waals surface area (Å²) in [5.41, 5.74) is 0.503. The number of carbonyl (C=O) groups is 2. The van der Waals surface area contributed by atoms with Crippen molar-refractivity contribution in [2.24, 2.45) is 5.92 Å². The number of amides is 1. The largest absolute Gasteiger partial charge is 0.452 e. The first-order valence-corrected chi connectivity index (χ1v) is 8.08. The van der Waals surface area contributed by atoms with E-state index in [4.69, 9.17) is 4.74 Å². The van der Waals surface area contributed by atoms with E-state index < -0.39 is 5.97 Å². The number of hydrogen-bond acceptors (Lipinski definition) is 3. The summed E-state index contributed by atoms with van der Waals surface area (Å²) in [7, 11) is 0. The fraction of sp³-hybridized carbons (Fsp3) is 0.368. The van der Waals surface area contributed by atoms with Crippen LogP contribution in [0.15, 0.2) is 42.5 Å². The van der Waals surface area contributed by atoms with Crippen LogP contribution in [0.2, 0.25) is 0 Å². The van der Waals surface area contributed by atoms with Gasteiger partial charge < -0.3 is 9.64 Å². The Morgan fingerprint density at radius 3 is 2.78 bits per heavy atom. The van der Waals surface area contributed by atoms with Crippen molar-refractivity contribution in [1.82, 2.24) is 4.90 Å². The number of rotatable bonds is 3. The Balaban J connectivity index is 1.66. The number of benzene rings is 2. The minimum atomic E-state index is -0.444. The van der Waals surface area contributed by atoms with Crippen molar-refractivity contribution in [3.63, 3.8) is 0 Å². The van der Waals surface area contributed by atoms with Crippen molar-refractivity contribution in [2.45, 2.75) is 19.8 Å². The standard InChI is InChI=1S/C19H21NO3/c1-14-6-5-11-20(12-14)18(21)13-23-19(22)17-10-4-8-15-7-2-3-9-16(15)17/h2-4,7-10,14H,5-6,11-13H2,1H3. The third kappa shape index (κ3) is 3.52. The van der Waals surface area contributed by atoms with E-state index in [9.17, 15) is 9.59 Å². The highest BCUT2D eigenvalue weighted by molar-refractivity contribution is 6.04. The SMILES string of the molecule is CC1CCCN(C(=O)COC(=O)c2cccc3ccccc23)C1. The Kier molecular flexibility index (Phi) is 4.60. The molecule has 0 radical (unpaired) electrons. The van der Waals surface area contributed by atoms with E-state index in [0.29, 0.717) is 11.5 Å². The average molecular weight is 311 g/mol. The van der Waals surface area contributed by atoms with Crippen molar-refractivity contribution < 1.29 is 14.3 Å². The van der Waals surface area contributed by atoms with Gasteiger partial charge in [-0.15, -0.1) is 0 Å². The minimum Gasteiger partial charge on any atom is -0.452 e. The normalized spacial score (nSPS) is 18.0. The molecule has 2 aromatic rings. The van der Waals surface area contributed by atoms with Crippen LogP contribution >= 0.6 is 0 Å². The molecule has 0 N–H and O–H groups in total. The van der Waals surface area contributed by atoms with Crippen LogP contribution in [-0.4, -0.2) is 36.5 Å². The molecule has 0 aliphatic carbocycles. The highest BCUT2D eigenvalue weighted by Gasteiger charge is 2.22. The average Bonchev–Trinajstić information content (AvgIpc) is 2.59. The van der Waals surface area contributed by atoms with Gasteiger partial charge in [-0.3, -0.25) is 4.79 Å². The summed E-state index contributed by atoms with van der Waals surface area (Å²) in [4.78, 5) is 26.3. The predicted octanol–water partition coefficient (Wildman–Crippen LogP) is 3.26. The fourth-order valence-corrected chi connectivity index (χ4v) is 3.12. The number of hydrogen-bond donors (Lipinski definition) is 0. The highest BCUT2D eigenvalue weighted by atomic mass is 16.5. The van der Waals surface area contributed by atoms with Crippen LogP contribution < -0.4 is 0 Å². The van der Waals surface area contributed by atoms with Gasteiger partial charge in [-0.2, -0.15) is 0 Å². The van der Waals surface area contributed by atoms with Gasteiger partial charge in [0.15, 0.2) is 6.61 Å². The first-order chi connectivity index (χ1) is 11.1. The zero-order chi connectivity index (χ0) is 16.2. The second-order valence-corrected chi connectivity index (χ2v) is 6.19. The Morgan fingerprint density at radius 1 is 1.17 bits per heavy atom. The molecule has 120 valence electrons. The molecule has 3 rings (SSSR count). The van der Waals surface area contributed by atoms with Crippen molar-refractivity contribution in [3.05, 3.63) is 48.0 Å². The quantitative estimate of drug-likeness (QED) is 0.817. The minimum absolute atomic E-state index is 0.106. The van der Waals surface area contributed by atoms with Gasteiger partial charge in [0.05, 0.1) is 5.56 Å². The predicted molar refractivity (Wildman–Crippen MR) is 89.2 cm³/mol. The van der Waals surface area contributed by atoms with Crippen LogP contribution in [0, 0.1) is 5.92 Å². The summed E-state index contributed by atoms with van der Waals surface area (Å²) in [5, 5.41) is 1.83. The lowest BCUT2D eigenvalue weighted by molar-refractivity contribution is -0.136. The summed E-state index contributed by atoms with van der Waals surface area (Å²) >= 11 is 0. The molecule has 1 saturated heterocycles. The molecular weight excluding hydrogens is 290 g/mol. The molecule has 1 aliphatic heterocycles. The first-order valence-electron chi connectivity index (χ1n) is 8.08. The molecule has 1 amide bonds. The second kappa shape index (κ2) is 6.82. The third-order valence-corrected chi connectivity index (χ3v) is 4.35. The smallest absolute Gasteiger partial charge is 0.339 e. The van der Waals surface area contributed by atoms with Crippen molar-refractivity contribution in [3.8, 4) is 0 Å². The molecule has 4 heteroatoms. The summed E-state index contributed by atoms with van der Waals surface area (Å²) in [5.74, 6) is -0.0354. The van der Waals surface area contributed by atoms with Gasteiger partial charge in [-0.25, -0.2) is 4.79 Å². The van der Waals surface area contributed by atoms with E-state index in [1.54, 1.807) is 11.0 Å². The summed E-state index contributed by atoms with van der Waals surface area (Å²) < 4.78 is 5.26. The molecule has 23 heavy (non-hydrogen) atoms. The topological polar surface area (TPSA) is 46.6 Å². The fourth-order valence-electron chi connectivity index (χ4n) is 3.12. The molecule has 1 atom stereocenters. The van der Waals surface area contributed by atoms with E-state index in [0.717, 1.165) is 36.7 Å². The van der Waals surface area contributed by atoms with Crippen LogP contribution in [0.4, 0.5) is 0 Å². The van der Waals surface area contributed by atoms with Crippen LogP contribution in [-0.2, 0) is 9.53 Å². The van der Waals surface area contributed by atoms with Crippen molar-refractivity contribution >= 4 is 22.6 Å². The molecule has 0 saturated carbocycles. The van der Waals surface area contributed by atoms with E-state index in [1.807, 2.05) is 36.4 Å². The van der Waals surface area contributed by atoms with E-state index >= 15 is 0 Å². The number of likely N-dealkylation sites (tertiary alicyclic amines) is 1. The molecule has 1 fully saturated rings. The monoisotopic (exact) mass is 311 g/mol.